The second-order valence-corrected chi connectivity index (χ2v) is 4.59. The van der Waals surface area contributed by atoms with Gasteiger partial charge in [-0.15, -0.1) is 5.10 Å². The summed E-state index contributed by atoms with van der Waals surface area (Å²) in [5.41, 5.74) is 1.12. The Morgan fingerprint density at radius 2 is 2.06 bits per heavy atom. The maximum atomic E-state index is 11.1. The van der Waals surface area contributed by atoms with Crippen LogP contribution < -0.4 is 0 Å². The number of aromatic nitrogens is 3. The van der Waals surface area contributed by atoms with Gasteiger partial charge in [0.25, 0.3) is 0 Å². The summed E-state index contributed by atoms with van der Waals surface area (Å²) in [6.45, 7) is 1.90. The van der Waals surface area contributed by atoms with Crippen molar-refractivity contribution in [3.8, 4) is 0 Å². The van der Waals surface area contributed by atoms with Gasteiger partial charge >= 0.3 is 5.97 Å². The van der Waals surface area contributed by atoms with Crippen LogP contribution in [0.4, 0.5) is 0 Å². The molecule has 88 valence electrons. The zero-order valence-electron chi connectivity index (χ0n) is 9.04. The van der Waals surface area contributed by atoms with Crippen LogP contribution >= 0.6 is 22.6 Å². The highest BCUT2D eigenvalue weighted by Gasteiger charge is 2.21. The van der Waals surface area contributed by atoms with Gasteiger partial charge < -0.3 is 5.11 Å². The number of hydrogen-bond donors (Lipinski definition) is 1. The molecule has 6 heteroatoms. The SMILES string of the molecule is C[C@H](c1ccccc1)n1nnc(I)c1C(=O)O. The smallest absolute Gasteiger partial charge is 0.357 e. The standard InChI is InChI=1S/C11H10IN3O2/c1-7(8-5-3-2-4-6-8)15-9(11(16)17)10(12)13-14-15/h2-7H,1H3,(H,16,17)/t7-/m1/s1. The van der Waals surface area contributed by atoms with E-state index in [9.17, 15) is 4.79 Å². The first-order valence-electron chi connectivity index (χ1n) is 5.00. The van der Waals surface area contributed by atoms with Crippen molar-refractivity contribution in [2.24, 2.45) is 0 Å². The quantitative estimate of drug-likeness (QED) is 0.868. The van der Waals surface area contributed by atoms with E-state index in [0.717, 1.165) is 5.56 Å². The van der Waals surface area contributed by atoms with Crippen molar-refractivity contribution in [2.75, 3.05) is 0 Å². The molecule has 0 aliphatic heterocycles. The third-order valence-corrected chi connectivity index (χ3v) is 3.23. The molecule has 0 saturated carbocycles. The average molecular weight is 343 g/mol. The van der Waals surface area contributed by atoms with E-state index in [2.05, 4.69) is 10.3 Å². The molecule has 0 aliphatic carbocycles. The molecule has 5 nitrogen and oxygen atoms in total. The Hall–Kier alpha value is -1.44. The molecule has 1 heterocycles. The van der Waals surface area contributed by atoms with Crippen LogP contribution in [0.2, 0.25) is 0 Å². The van der Waals surface area contributed by atoms with Crippen LogP contribution in [0.15, 0.2) is 30.3 Å². The predicted octanol–water partition coefficient (Wildman–Crippen LogP) is 2.19. The average Bonchev–Trinajstić information content (AvgIpc) is 2.71. The monoisotopic (exact) mass is 343 g/mol. The molecule has 1 atom stereocenters. The van der Waals surface area contributed by atoms with Gasteiger partial charge in [0.2, 0.25) is 0 Å². The summed E-state index contributed by atoms with van der Waals surface area (Å²) >= 11 is 1.87. The fraction of sp³-hybridized carbons (Fsp3) is 0.182. The molecular weight excluding hydrogens is 333 g/mol. The van der Waals surface area contributed by atoms with Crippen molar-refractivity contribution < 1.29 is 9.90 Å². The van der Waals surface area contributed by atoms with E-state index in [1.54, 1.807) is 0 Å². The molecule has 0 saturated heterocycles. The fourth-order valence-electron chi connectivity index (χ4n) is 1.60. The van der Waals surface area contributed by atoms with E-state index in [-0.39, 0.29) is 11.7 Å². The van der Waals surface area contributed by atoms with Gasteiger partial charge in [0, 0.05) is 0 Å². The van der Waals surface area contributed by atoms with Crippen LogP contribution in [0.1, 0.15) is 29.0 Å². The summed E-state index contributed by atoms with van der Waals surface area (Å²) < 4.78 is 1.83. The van der Waals surface area contributed by atoms with Crippen LogP contribution in [-0.4, -0.2) is 26.1 Å². The van der Waals surface area contributed by atoms with Crippen LogP contribution in [0.3, 0.4) is 0 Å². The van der Waals surface area contributed by atoms with Crippen LogP contribution in [0.5, 0.6) is 0 Å². The lowest BCUT2D eigenvalue weighted by Gasteiger charge is -2.13. The zero-order chi connectivity index (χ0) is 12.4. The van der Waals surface area contributed by atoms with E-state index >= 15 is 0 Å². The fourth-order valence-corrected chi connectivity index (χ4v) is 2.18. The molecule has 0 bridgehead atoms. The minimum atomic E-state index is -1.01. The highest BCUT2D eigenvalue weighted by molar-refractivity contribution is 14.1. The molecular formula is C11H10IN3O2. The Bertz CT molecular complexity index is 539. The lowest BCUT2D eigenvalue weighted by Crippen LogP contribution is -2.16. The number of benzene rings is 1. The van der Waals surface area contributed by atoms with Gasteiger partial charge in [0.05, 0.1) is 6.04 Å². The van der Waals surface area contributed by atoms with Crippen molar-refractivity contribution in [1.29, 1.82) is 0 Å². The summed E-state index contributed by atoms with van der Waals surface area (Å²) in [6, 6.07) is 9.45. The van der Waals surface area contributed by atoms with Crippen molar-refractivity contribution in [1.82, 2.24) is 15.0 Å². The number of aromatic carboxylic acids is 1. The maximum absolute atomic E-state index is 11.1. The molecule has 2 rings (SSSR count). The topological polar surface area (TPSA) is 68.0 Å². The van der Waals surface area contributed by atoms with E-state index in [1.165, 1.54) is 4.68 Å². The minimum absolute atomic E-state index is 0.127. The number of rotatable bonds is 3. The molecule has 1 aromatic carbocycles. The number of carboxylic acid groups (broad SMARTS) is 1. The van der Waals surface area contributed by atoms with Crippen molar-refractivity contribution in [3.63, 3.8) is 0 Å². The van der Waals surface area contributed by atoms with E-state index < -0.39 is 5.97 Å². The highest BCUT2D eigenvalue weighted by Crippen LogP contribution is 2.20. The van der Waals surface area contributed by atoms with Crippen LogP contribution in [0, 0.1) is 3.70 Å². The normalized spacial score (nSPS) is 12.4. The van der Waals surface area contributed by atoms with Gasteiger partial charge in [-0.25, -0.2) is 9.48 Å². The molecule has 17 heavy (non-hydrogen) atoms. The minimum Gasteiger partial charge on any atom is -0.476 e. The van der Waals surface area contributed by atoms with Crippen LogP contribution in [0.25, 0.3) is 0 Å². The zero-order valence-corrected chi connectivity index (χ0v) is 11.2. The molecule has 2 aromatic rings. The number of carbonyl (C=O) groups is 1. The first-order chi connectivity index (χ1) is 8.11. The Kier molecular flexibility index (Phi) is 3.41. The first-order valence-corrected chi connectivity index (χ1v) is 6.08. The summed E-state index contributed by atoms with van der Waals surface area (Å²) in [5.74, 6) is -1.01. The van der Waals surface area contributed by atoms with Gasteiger partial charge in [0.15, 0.2) is 9.39 Å². The number of nitrogens with zero attached hydrogens (tertiary/aromatic N) is 3. The molecule has 0 radical (unpaired) electrons. The first kappa shape index (κ1) is 12.0. The van der Waals surface area contributed by atoms with E-state index in [4.69, 9.17) is 5.11 Å². The summed E-state index contributed by atoms with van der Waals surface area (Å²) in [6.07, 6.45) is 0. The number of hydrogen-bond acceptors (Lipinski definition) is 3. The van der Waals surface area contributed by atoms with Crippen molar-refractivity contribution >= 4 is 28.6 Å². The summed E-state index contributed by atoms with van der Waals surface area (Å²) in [7, 11) is 0. The molecule has 1 aromatic heterocycles. The number of halogens is 1. The third-order valence-electron chi connectivity index (χ3n) is 2.50. The molecule has 0 spiro atoms. The Morgan fingerprint density at radius 3 is 2.65 bits per heavy atom. The Labute approximate surface area is 112 Å². The van der Waals surface area contributed by atoms with Crippen LogP contribution in [-0.2, 0) is 0 Å². The maximum Gasteiger partial charge on any atom is 0.357 e. The second kappa shape index (κ2) is 4.82. The summed E-state index contributed by atoms with van der Waals surface area (Å²) in [5, 5.41) is 16.8. The largest absolute Gasteiger partial charge is 0.476 e. The Balaban J connectivity index is 2.45. The molecule has 0 amide bonds. The van der Waals surface area contributed by atoms with Crippen molar-refractivity contribution in [3.05, 3.63) is 45.3 Å². The van der Waals surface area contributed by atoms with Gasteiger partial charge in [-0.3, -0.25) is 0 Å². The summed E-state index contributed by atoms with van der Waals surface area (Å²) in [4.78, 5) is 11.1. The van der Waals surface area contributed by atoms with Gasteiger partial charge in [-0.2, -0.15) is 0 Å². The lowest BCUT2D eigenvalue weighted by molar-refractivity contribution is 0.0680. The van der Waals surface area contributed by atoms with Crippen molar-refractivity contribution in [2.45, 2.75) is 13.0 Å². The van der Waals surface area contributed by atoms with Gasteiger partial charge in [-0.1, -0.05) is 35.5 Å². The highest BCUT2D eigenvalue weighted by atomic mass is 127. The number of carboxylic acids is 1. The van der Waals surface area contributed by atoms with E-state index in [0.29, 0.717) is 3.70 Å². The lowest BCUT2D eigenvalue weighted by atomic mass is 10.1. The van der Waals surface area contributed by atoms with E-state index in [1.807, 2.05) is 59.8 Å². The molecule has 0 unspecified atom stereocenters. The predicted molar refractivity (Wildman–Crippen MR) is 70.0 cm³/mol. The van der Waals surface area contributed by atoms with Gasteiger partial charge in [-0.05, 0) is 35.1 Å². The molecule has 1 N–H and O–H groups in total. The Morgan fingerprint density at radius 1 is 1.41 bits per heavy atom. The molecule has 0 fully saturated rings. The molecule has 0 aliphatic rings. The third kappa shape index (κ3) is 2.31. The second-order valence-electron chi connectivity index (χ2n) is 3.57. The van der Waals surface area contributed by atoms with Gasteiger partial charge in [0.1, 0.15) is 0 Å².